The standard InChI is InChI=1S/C26H35ClN2O5/c1-4-17-12-13-18-21(20(17)26(33)34-5-2)25(32)29(14-7-6-8-15-30)23(18)24(31)28-22-16(3)10-9-11-19(22)27/h9-13,17-18,20-21,23,30H,4-8,14-15H2,1-3H3,(H,28,31)/t17-,18+,20-,21+,23+/m1/s1. The lowest BCUT2D eigenvalue weighted by atomic mass is 9.69. The molecule has 1 aromatic rings. The molecule has 34 heavy (non-hydrogen) atoms. The number of nitrogens with zero attached hydrogens (tertiary/aromatic N) is 1. The molecule has 0 spiro atoms. The number of fused-ring (bicyclic) bond motifs is 1. The Balaban J connectivity index is 1.96. The van der Waals surface area contributed by atoms with Crippen LogP contribution in [0.3, 0.4) is 0 Å². The van der Waals surface area contributed by atoms with E-state index in [0.29, 0.717) is 36.5 Å². The van der Waals surface area contributed by atoms with Gasteiger partial charge in [0.2, 0.25) is 11.8 Å². The van der Waals surface area contributed by atoms with Crippen LogP contribution < -0.4 is 5.32 Å². The van der Waals surface area contributed by atoms with Gasteiger partial charge >= 0.3 is 5.97 Å². The number of rotatable bonds is 10. The minimum atomic E-state index is -0.756. The van der Waals surface area contributed by atoms with E-state index >= 15 is 0 Å². The number of hydrogen-bond acceptors (Lipinski definition) is 5. The van der Waals surface area contributed by atoms with Gasteiger partial charge in [-0.1, -0.05) is 42.8 Å². The summed E-state index contributed by atoms with van der Waals surface area (Å²) >= 11 is 6.34. The van der Waals surface area contributed by atoms with Crippen molar-refractivity contribution in [1.82, 2.24) is 4.90 Å². The number of carbonyl (C=O) groups is 3. The highest BCUT2D eigenvalue weighted by atomic mass is 35.5. The molecule has 0 bridgehead atoms. The van der Waals surface area contributed by atoms with Crippen LogP contribution in [0.4, 0.5) is 5.69 Å². The lowest BCUT2D eigenvalue weighted by Crippen LogP contribution is -2.44. The van der Waals surface area contributed by atoms with E-state index in [1.165, 1.54) is 0 Å². The highest BCUT2D eigenvalue weighted by Gasteiger charge is 2.57. The van der Waals surface area contributed by atoms with Gasteiger partial charge in [0.1, 0.15) is 6.04 Å². The first-order valence-corrected chi connectivity index (χ1v) is 12.6. The molecule has 186 valence electrons. The molecule has 7 nitrogen and oxygen atoms in total. The number of anilines is 1. The second-order valence-electron chi connectivity index (χ2n) is 9.02. The van der Waals surface area contributed by atoms with Crippen molar-refractivity contribution in [2.75, 3.05) is 25.1 Å². The minimum Gasteiger partial charge on any atom is -0.466 e. The van der Waals surface area contributed by atoms with Crippen molar-refractivity contribution in [2.24, 2.45) is 23.7 Å². The Bertz CT molecular complexity index is 914. The van der Waals surface area contributed by atoms with Crippen LogP contribution in [0.5, 0.6) is 0 Å². The largest absolute Gasteiger partial charge is 0.466 e. The van der Waals surface area contributed by atoms with Crippen LogP contribution in [0.15, 0.2) is 30.4 Å². The molecule has 8 heteroatoms. The highest BCUT2D eigenvalue weighted by Crippen LogP contribution is 2.45. The maximum absolute atomic E-state index is 13.7. The topological polar surface area (TPSA) is 95.9 Å². The van der Waals surface area contributed by atoms with Crippen LogP contribution in [-0.2, 0) is 19.1 Å². The lowest BCUT2D eigenvalue weighted by molar-refractivity contribution is -0.155. The first-order valence-electron chi connectivity index (χ1n) is 12.2. The summed E-state index contributed by atoms with van der Waals surface area (Å²) in [5, 5.41) is 12.5. The molecule has 3 rings (SSSR count). The second kappa shape index (κ2) is 11.8. The van der Waals surface area contributed by atoms with Crippen molar-refractivity contribution in [3.63, 3.8) is 0 Å². The van der Waals surface area contributed by atoms with Crippen LogP contribution in [-0.4, -0.2) is 53.6 Å². The summed E-state index contributed by atoms with van der Waals surface area (Å²) in [6, 6.07) is 4.63. The number of para-hydroxylation sites is 1. The summed E-state index contributed by atoms with van der Waals surface area (Å²) in [7, 11) is 0. The molecule has 2 aliphatic rings. The number of esters is 1. The number of halogens is 1. The van der Waals surface area contributed by atoms with Crippen molar-refractivity contribution < 1.29 is 24.2 Å². The number of hydrogen-bond donors (Lipinski definition) is 2. The molecule has 1 fully saturated rings. The van der Waals surface area contributed by atoms with Crippen LogP contribution in [0.25, 0.3) is 0 Å². The number of amides is 2. The molecule has 2 amide bonds. The van der Waals surface area contributed by atoms with Gasteiger partial charge in [0.05, 0.1) is 29.2 Å². The van der Waals surface area contributed by atoms with E-state index in [9.17, 15) is 14.4 Å². The zero-order valence-electron chi connectivity index (χ0n) is 20.1. The van der Waals surface area contributed by atoms with Gasteiger partial charge in [-0.3, -0.25) is 14.4 Å². The summed E-state index contributed by atoms with van der Waals surface area (Å²) in [5.74, 6) is -2.71. The van der Waals surface area contributed by atoms with E-state index in [-0.39, 0.29) is 36.9 Å². The second-order valence-corrected chi connectivity index (χ2v) is 9.43. The van der Waals surface area contributed by atoms with E-state index in [1.54, 1.807) is 17.9 Å². The van der Waals surface area contributed by atoms with E-state index in [2.05, 4.69) is 5.32 Å². The average Bonchev–Trinajstić information content (AvgIpc) is 3.10. The molecule has 0 unspecified atom stereocenters. The molecule has 0 saturated carbocycles. The van der Waals surface area contributed by atoms with Crippen molar-refractivity contribution in [3.05, 3.63) is 40.9 Å². The van der Waals surface area contributed by atoms with Gasteiger partial charge in [-0.25, -0.2) is 0 Å². The number of carbonyl (C=O) groups excluding carboxylic acids is 3. The Morgan fingerprint density at radius 2 is 1.94 bits per heavy atom. The summed E-state index contributed by atoms with van der Waals surface area (Å²) in [6.45, 7) is 6.30. The van der Waals surface area contributed by atoms with E-state index in [0.717, 1.165) is 12.0 Å². The molecule has 1 aliphatic heterocycles. The molecule has 2 N–H and O–H groups in total. The molecule has 0 radical (unpaired) electrons. The quantitative estimate of drug-likeness (QED) is 0.294. The summed E-state index contributed by atoms with van der Waals surface area (Å²) in [4.78, 5) is 41.9. The zero-order valence-corrected chi connectivity index (χ0v) is 20.9. The summed E-state index contributed by atoms with van der Waals surface area (Å²) < 4.78 is 5.35. The number of ether oxygens (including phenoxy) is 1. The number of nitrogens with one attached hydrogen (secondary N) is 1. The molecular formula is C26H35ClN2O5. The van der Waals surface area contributed by atoms with Gasteiger partial charge in [-0.05, 0) is 57.1 Å². The molecule has 1 heterocycles. The van der Waals surface area contributed by atoms with Crippen LogP contribution in [0.2, 0.25) is 5.02 Å². The first kappa shape index (κ1) is 26.2. The van der Waals surface area contributed by atoms with Gasteiger partial charge in [0.15, 0.2) is 0 Å². The molecule has 1 aromatic carbocycles. The predicted octanol–water partition coefficient (Wildman–Crippen LogP) is 3.97. The maximum atomic E-state index is 13.7. The fourth-order valence-electron chi connectivity index (χ4n) is 5.25. The number of aliphatic hydroxyl groups excluding tert-OH is 1. The smallest absolute Gasteiger partial charge is 0.310 e. The zero-order chi connectivity index (χ0) is 24.8. The van der Waals surface area contributed by atoms with Crippen LogP contribution in [0, 0.1) is 30.6 Å². The van der Waals surface area contributed by atoms with Gasteiger partial charge in [0.25, 0.3) is 0 Å². The van der Waals surface area contributed by atoms with Crippen LogP contribution in [0.1, 0.15) is 45.1 Å². The third-order valence-electron chi connectivity index (χ3n) is 6.94. The molecule has 5 atom stereocenters. The molecule has 1 saturated heterocycles. The van der Waals surface area contributed by atoms with Crippen LogP contribution >= 0.6 is 11.6 Å². The normalized spacial score (nSPS) is 25.9. The van der Waals surface area contributed by atoms with E-state index in [1.807, 2.05) is 38.1 Å². The van der Waals surface area contributed by atoms with Gasteiger partial charge in [0, 0.05) is 19.1 Å². The number of allylic oxidation sites excluding steroid dienone is 1. The number of aliphatic hydroxyl groups is 1. The predicted molar refractivity (Wildman–Crippen MR) is 131 cm³/mol. The number of likely N-dealkylation sites (tertiary alicyclic amines) is 1. The monoisotopic (exact) mass is 490 g/mol. The first-order chi connectivity index (χ1) is 16.3. The molecule has 1 aliphatic carbocycles. The van der Waals surface area contributed by atoms with E-state index < -0.39 is 23.8 Å². The van der Waals surface area contributed by atoms with Crippen molar-refractivity contribution in [2.45, 2.75) is 52.5 Å². The third kappa shape index (κ3) is 5.31. The fourth-order valence-corrected chi connectivity index (χ4v) is 5.52. The van der Waals surface area contributed by atoms with E-state index in [4.69, 9.17) is 21.4 Å². The maximum Gasteiger partial charge on any atom is 0.310 e. The SMILES string of the molecule is CCOC(=O)[C@H]1[C@H]2C(=O)N(CCCCCO)[C@H](C(=O)Nc3c(C)cccc3Cl)[C@H]2C=C[C@H]1CC. The Morgan fingerprint density at radius 3 is 2.59 bits per heavy atom. The van der Waals surface area contributed by atoms with Crippen molar-refractivity contribution in [1.29, 1.82) is 0 Å². The Kier molecular flexibility index (Phi) is 9.14. The van der Waals surface area contributed by atoms with Gasteiger partial charge < -0.3 is 20.1 Å². The average molecular weight is 491 g/mol. The fraction of sp³-hybridized carbons (Fsp3) is 0.577. The third-order valence-corrected chi connectivity index (χ3v) is 7.25. The summed E-state index contributed by atoms with van der Waals surface area (Å²) in [5.41, 5.74) is 1.35. The molecule has 0 aromatic heterocycles. The Hall–Kier alpha value is -2.38. The molecular weight excluding hydrogens is 456 g/mol. The number of benzene rings is 1. The number of unbranched alkanes of at least 4 members (excludes halogenated alkanes) is 2. The van der Waals surface area contributed by atoms with Gasteiger partial charge in [-0.15, -0.1) is 0 Å². The number of aryl methyl sites for hydroxylation is 1. The Labute approximate surface area is 206 Å². The van der Waals surface area contributed by atoms with Gasteiger partial charge in [-0.2, -0.15) is 0 Å². The Morgan fingerprint density at radius 1 is 1.18 bits per heavy atom. The highest BCUT2D eigenvalue weighted by molar-refractivity contribution is 6.34. The lowest BCUT2D eigenvalue weighted by Gasteiger charge is -2.33. The van der Waals surface area contributed by atoms with Crippen molar-refractivity contribution >= 4 is 35.1 Å². The van der Waals surface area contributed by atoms with Crippen molar-refractivity contribution in [3.8, 4) is 0 Å². The minimum absolute atomic E-state index is 0.0841. The summed E-state index contributed by atoms with van der Waals surface area (Å²) in [6.07, 6.45) is 6.63.